The van der Waals surface area contributed by atoms with Gasteiger partial charge in [-0.05, 0) is 24.6 Å². The second kappa shape index (κ2) is 7.47. The van der Waals surface area contributed by atoms with Crippen LogP contribution in [0, 0.1) is 17.0 Å². The number of aryl methyl sites for hydroxylation is 1. The molecule has 9 nitrogen and oxygen atoms in total. The highest BCUT2D eigenvalue weighted by atomic mass is 16.6. The third-order valence-electron chi connectivity index (χ3n) is 4.07. The maximum atomic E-state index is 12.1. The van der Waals surface area contributed by atoms with E-state index in [0.29, 0.717) is 5.56 Å². The second-order valence-corrected chi connectivity index (χ2v) is 6.13. The highest BCUT2D eigenvalue weighted by Gasteiger charge is 2.36. The topological polar surface area (TPSA) is 111 Å². The first kappa shape index (κ1) is 19.0. The van der Waals surface area contributed by atoms with Crippen molar-refractivity contribution in [3.05, 3.63) is 69.3 Å². The number of hydrogen-bond acceptors (Lipinski definition) is 7. The van der Waals surface area contributed by atoms with Gasteiger partial charge in [0.05, 0.1) is 10.5 Å². The molecule has 0 saturated carbocycles. The van der Waals surface area contributed by atoms with E-state index in [0.717, 1.165) is 10.6 Å². The number of ether oxygens (including phenoxy) is 2. The lowest BCUT2D eigenvalue weighted by atomic mass is 10.1. The molecule has 2 aromatic rings. The van der Waals surface area contributed by atoms with Crippen LogP contribution in [-0.2, 0) is 14.3 Å². The van der Waals surface area contributed by atoms with Gasteiger partial charge in [-0.25, -0.2) is 0 Å². The summed E-state index contributed by atoms with van der Waals surface area (Å²) in [5.74, 6) is -0.800. The molecule has 1 aliphatic rings. The van der Waals surface area contributed by atoms with Crippen molar-refractivity contribution >= 4 is 23.5 Å². The van der Waals surface area contributed by atoms with Gasteiger partial charge in [0.1, 0.15) is 5.75 Å². The zero-order chi connectivity index (χ0) is 20.4. The van der Waals surface area contributed by atoms with Crippen molar-refractivity contribution in [3.8, 4) is 5.75 Å². The molecule has 0 fully saturated rings. The molecule has 2 aromatic carbocycles. The molecule has 0 radical (unpaired) electrons. The highest BCUT2D eigenvalue weighted by Crippen LogP contribution is 2.38. The summed E-state index contributed by atoms with van der Waals surface area (Å²) in [5, 5.41) is 16.5. The lowest BCUT2D eigenvalue weighted by Gasteiger charge is -2.21. The Balaban J connectivity index is 2.08. The molecule has 0 aliphatic carbocycles. The average molecular weight is 383 g/mol. The van der Waals surface area contributed by atoms with E-state index in [1.807, 2.05) is 19.1 Å². The molecule has 28 heavy (non-hydrogen) atoms. The van der Waals surface area contributed by atoms with Crippen LogP contribution in [0.5, 0.6) is 5.75 Å². The highest BCUT2D eigenvalue weighted by molar-refractivity contribution is 5.97. The lowest BCUT2D eigenvalue weighted by Crippen LogP contribution is -2.26. The molecule has 1 amide bonds. The van der Waals surface area contributed by atoms with Gasteiger partial charge >= 0.3 is 5.97 Å². The molecule has 1 heterocycles. The van der Waals surface area contributed by atoms with Crippen LogP contribution in [0.15, 0.2) is 47.6 Å². The lowest BCUT2D eigenvalue weighted by molar-refractivity contribution is -0.385. The number of esters is 1. The normalized spacial score (nSPS) is 15.6. The van der Waals surface area contributed by atoms with Gasteiger partial charge in [-0.1, -0.05) is 18.2 Å². The summed E-state index contributed by atoms with van der Waals surface area (Å²) in [5.41, 5.74) is 1.47. The van der Waals surface area contributed by atoms with Gasteiger partial charge < -0.3 is 9.47 Å². The van der Waals surface area contributed by atoms with Crippen molar-refractivity contribution < 1.29 is 24.0 Å². The Kier molecular flexibility index (Phi) is 5.08. The van der Waals surface area contributed by atoms with Gasteiger partial charge in [-0.15, -0.1) is 5.10 Å². The summed E-state index contributed by atoms with van der Waals surface area (Å²) in [7, 11) is 0. The van der Waals surface area contributed by atoms with Gasteiger partial charge in [0.2, 0.25) is 18.0 Å². The van der Waals surface area contributed by atoms with E-state index in [2.05, 4.69) is 5.10 Å². The Bertz CT molecular complexity index is 1000. The number of benzene rings is 2. The standard InChI is InChI=1S/C19H17N3O6/c1-11-6-4-5-7-15(11)18-20-21(12(2)23)19(28-18)16-10-14(22(25)26)8-9-17(16)27-13(3)24/h4-10,19H,1-3H3/t19-/m0/s1. The Labute approximate surface area is 160 Å². The van der Waals surface area contributed by atoms with E-state index in [1.54, 1.807) is 12.1 Å². The minimum absolute atomic E-state index is 0.0515. The van der Waals surface area contributed by atoms with E-state index in [9.17, 15) is 19.7 Å². The van der Waals surface area contributed by atoms with Crippen molar-refractivity contribution in [3.63, 3.8) is 0 Å². The average Bonchev–Trinajstić information content (AvgIpc) is 3.07. The fourth-order valence-corrected chi connectivity index (χ4v) is 2.78. The fourth-order valence-electron chi connectivity index (χ4n) is 2.78. The zero-order valence-corrected chi connectivity index (χ0v) is 15.4. The van der Waals surface area contributed by atoms with Gasteiger partial charge in [-0.3, -0.25) is 19.7 Å². The molecule has 9 heteroatoms. The van der Waals surface area contributed by atoms with Gasteiger partial charge in [0.25, 0.3) is 5.69 Å². The van der Waals surface area contributed by atoms with Gasteiger partial charge in [0, 0.05) is 31.5 Å². The van der Waals surface area contributed by atoms with E-state index in [1.165, 1.54) is 32.0 Å². The SMILES string of the molecule is CC(=O)Oc1ccc([N+](=O)[O-])cc1[C@@H]1OC(c2ccccc2C)=NN1C(C)=O. The molecule has 1 atom stereocenters. The summed E-state index contributed by atoms with van der Waals surface area (Å²) in [6.45, 7) is 4.37. The number of nitro benzene ring substituents is 1. The summed E-state index contributed by atoms with van der Waals surface area (Å²) in [6, 6.07) is 11.0. The Morgan fingerprint density at radius 2 is 1.93 bits per heavy atom. The maximum absolute atomic E-state index is 12.1. The number of non-ortho nitro benzene ring substituents is 1. The third-order valence-corrected chi connectivity index (χ3v) is 4.07. The molecule has 0 bridgehead atoms. The van der Waals surface area contributed by atoms with Crippen molar-refractivity contribution in [2.24, 2.45) is 5.10 Å². The van der Waals surface area contributed by atoms with E-state index < -0.39 is 23.0 Å². The van der Waals surface area contributed by atoms with Crippen molar-refractivity contribution in [1.29, 1.82) is 0 Å². The monoisotopic (exact) mass is 383 g/mol. The predicted octanol–water partition coefficient (Wildman–Crippen LogP) is 3.07. The van der Waals surface area contributed by atoms with Crippen LogP contribution in [-0.4, -0.2) is 27.7 Å². The van der Waals surface area contributed by atoms with Crippen LogP contribution >= 0.6 is 0 Å². The molecule has 0 N–H and O–H groups in total. The molecular weight excluding hydrogens is 366 g/mol. The quantitative estimate of drug-likeness (QED) is 0.347. The first-order valence-electron chi connectivity index (χ1n) is 8.35. The Hall–Kier alpha value is -3.75. The van der Waals surface area contributed by atoms with E-state index in [-0.39, 0.29) is 22.9 Å². The van der Waals surface area contributed by atoms with E-state index in [4.69, 9.17) is 9.47 Å². The number of nitro groups is 1. The number of rotatable bonds is 4. The number of hydrazone groups is 1. The third kappa shape index (κ3) is 3.68. The van der Waals surface area contributed by atoms with Crippen molar-refractivity contribution in [2.75, 3.05) is 0 Å². The number of nitrogens with zero attached hydrogens (tertiary/aromatic N) is 3. The summed E-state index contributed by atoms with van der Waals surface area (Å²) < 4.78 is 11.0. The van der Waals surface area contributed by atoms with Crippen LogP contribution in [0.4, 0.5) is 5.69 Å². The molecule has 0 aromatic heterocycles. The first-order chi connectivity index (χ1) is 13.3. The van der Waals surface area contributed by atoms with Crippen molar-refractivity contribution in [2.45, 2.75) is 27.0 Å². The molecular formula is C19H17N3O6. The summed E-state index contributed by atoms with van der Waals surface area (Å²) >= 11 is 0. The molecule has 0 unspecified atom stereocenters. The molecule has 0 spiro atoms. The summed E-state index contributed by atoms with van der Waals surface area (Å²) in [6.07, 6.45) is -1.11. The second-order valence-electron chi connectivity index (χ2n) is 6.13. The molecule has 144 valence electrons. The number of carbonyl (C=O) groups excluding carboxylic acids is 2. The molecule has 0 saturated heterocycles. The van der Waals surface area contributed by atoms with Crippen LogP contribution in [0.3, 0.4) is 0 Å². The van der Waals surface area contributed by atoms with Crippen LogP contribution < -0.4 is 4.74 Å². The zero-order valence-electron chi connectivity index (χ0n) is 15.4. The largest absolute Gasteiger partial charge is 0.446 e. The Morgan fingerprint density at radius 3 is 2.54 bits per heavy atom. The van der Waals surface area contributed by atoms with Gasteiger partial charge in [0.15, 0.2) is 0 Å². The first-order valence-corrected chi connectivity index (χ1v) is 8.35. The Morgan fingerprint density at radius 1 is 1.21 bits per heavy atom. The number of hydrogen-bond donors (Lipinski definition) is 0. The molecule has 3 rings (SSSR count). The summed E-state index contributed by atoms with van der Waals surface area (Å²) in [4.78, 5) is 34.2. The predicted molar refractivity (Wildman–Crippen MR) is 98.5 cm³/mol. The van der Waals surface area contributed by atoms with Crippen molar-refractivity contribution in [1.82, 2.24) is 5.01 Å². The number of amides is 1. The maximum Gasteiger partial charge on any atom is 0.308 e. The fraction of sp³-hybridized carbons (Fsp3) is 0.211. The number of carbonyl (C=O) groups is 2. The van der Waals surface area contributed by atoms with E-state index >= 15 is 0 Å². The van der Waals surface area contributed by atoms with Crippen LogP contribution in [0.1, 0.15) is 36.8 Å². The van der Waals surface area contributed by atoms with Crippen LogP contribution in [0.2, 0.25) is 0 Å². The van der Waals surface area contributed by atoms with Crippen LogP contribution in [0.25, 0.3) is 0 Å². The smallest absolute Gasteiger partial charge is 0.308 e. The molecule has 1 aliphatic heterocycles. The minimum Gasteiger partial charge on any atom is -0.446 e. The van der Waals surface area contributed by atoms with Gasteiger partial charge in [-0.2, -0.15) is 5.01 Å². The minimum atomic E-state index is -1.11.